The molecule has 4 nitrogen and oxygen atoms in total. The zero-order valence-electron chi connectivity index (χ0n) is 2.84. The Morgan fingerprint density at radius 1 is 2.00 bits per heavy atom. The number of nitrogens with one attached hydrogen (secondary N) is 1. The number of nitrogens with two attached hydrogens (primary N) is 1. The molecule has 0 aromatic heterocycles. The number of carbonyl (C=O) groups excluding carboxylic acids is 1. The van der Waals surface area contributed by atoms with E-state index >= 15 is 0 Å². The molecular weight excluding hydrogens is 104 g/mol. The topological polar surface area (TPSA) is 75.3 Å². The quantitative estimate of drug-likeness (QED) is 0.173. The first kappa shape index (κ1) is 5.74. The monoisotopic (exact) mass is 108 g/mol. The van der Waals surface area contributed by atoms with Crippen molar-refractivity contribution in [2.75, 3.05) is 0 Å². The van der Waals surface area contributed by atoms with E-state index in [-0.39, 0.29) is 12.0 Å². The van der Waals surface area contributed by atoms with Crippen LogP contribution in [0.3, 0.4) is 0 Å². The summed E-state index contributed by atoms with van der Waals surface area (Å²) in [7, 11) is 0. The highest BCUT2D eigenvalue weighted by Gasteiger charge is 1.89. The fraction of sp³-hybridized carbons (Fsp3) is 0. The molecule has 0 aliphatic carbocycles. The van der Waals surface area contributed by atoms with Crippen LogP contribution in [0.2, 0.25) is 0 Å². The largest absolute Gasteiger partial charge is 0.322 e. The minimum Gasteiger partial charge on any atom is -0.322 e. The minimum atomic E-state index is -0.657. The summed E-state index contributed by atoms with van der Waals surface area (Å²) in [4.78, 5) is 9.66. The van der Waals surface area contributed by atoms with Gasteiger partial charge < -0.3 is 4.55 Å². The molecule has 0 heterocycles. The van der Waals surface area contributed by atoms with Crippen LogP contribution in [0.4, 0.5) is 4.79 Å². The zero-order chi connectivity index (χ0) is 4.99. The van der Waals surface area contributed by atoms with Crippen molar-refractivity contribution in [2.45, 2.75) is 0 Å². The first-order valence-electron chi connectivity index (χ1n) is 1.13. The van der Waals surface area contributed by atoms with E-state index < -0.39 is 5.24 Å². The van der Waals surface area contributed by atoms with E-state index in [1.165, 1.54) is 0 Å². The van der Waals surface area contributed by atoms with Gasteiger partial charge >= 0.3 is 5.24 Å². The molecule has 0 saturated heterocycles. The van der Waals surface area contributed by atoms with Crippen molar-refractivity contribution in [1.29, 1.82) is 0 Å². The molecule has 0 fully saturated rings. The van der Waals surface area contributed by atoms with Crippen LogP contribution in [-0.2, 0) is 0 Å². The molecule has 0 atom stereocenters. The number of rotatable bonds is 0. The van der Waals surface area contributed by atoms with Crippen molar-refractivity contribution in [1.82, 2.24) is 5.43 Å². The Balaban J connectivity index is 2.99. The number of hydrogen-bond donors (Lipinski definition) is 3. The third-order valence-corrected chi connectivity index (χ3v) is 0.484. The fourth-order valence-electron chi connectivity index (χ4n) is 0.0264. The maximum Gasteiger partial charge on any atom is 0.319 e. The molecule has 0 rings (SSSR count). The van der Waals surface area contributed by atoms with E-state index in [0.29, 0.717) is 0 Å². The molecule has 4 N–H and O–H groups in total. The first-order chi connectivity index (χ1) is 2.81. The summed E-state index contributed by atoms with van der Waals surface area (Å²) >= 11 is 0.0498. The summed E-state index contributed by atoms with van der Waals surface area (Å²) in [6, 6.07) is 0. The Morgan fingerprint density at radius 2 is 2.50 bits per heavy atom. The van der Waals surface area contributed by atoms with Gasteiger partial charge in [0.2, 0.25) is 0 Å². The van der Waals surface area contributed by atoms with Crippen molar-refractivity contribution in [3.8, 4) is 0 Å². The molecule has 6 heavy (non-hydrogen) atoms. The molecule has 0 aromatic carbocycles. The van der Waals surface area contributed by atoms with Crippen LogP contribution < -0.4 is 11.3 Å². The lowest BCUT2D eigenvalue weighted by atomic mass is 11.4. The van der Waals surface area contributed by atoms with Gasteiger partial charge in [-0.15, -0.1) is 0 Å². The normalized spacial score (nSPS) is 7.67. The van der Waals surface area contributed by atoms with E-state index in [9.17, 15) is 4.79 Å². The van der Waals surface area contributed by atoms with Gasteiger partial charge in [0.15, 0.2) is 0 Å². The highest BCUT2D eigenvalue weighted by atomic mass is 32.2. The smallest absolute Gasteiger partial charge is 0.319 e. The summed E-state index contributed by atoms with van der Waals surface area (Å²) in [6.07, 6.45) is 0. The van der Waals surface area contributed by atoms with Crippen molar-refractivity contribution < 1.29 is 9.35 Å². The van der Waals surface area contributed by atoms with Gasteiger partial charge in [0.05, 0.1) is 12.0 Å². The number of hydrazine groups is 1. The molecule has 36 valence electrons. The molecular formula is CH4N2O2S. The molecule has 0 bridgehead atoms. The molecule has 0 aliphatic heterocycles. The lowest BCUT2D eigenvalue weighted by Crippen LogP contribution is -2.25. The van der Waals surface area contributed by atoms with Crippen molar-refractivity contribution in [3.63, 3.8) is 0 Å². The zero-order valence-corrected chi connectivity index (χ0v) is 3.66. The Morgan fingerprint density at radius 3 is 2.50 bits per heavy atom. The van der Waals surface area contributed by atoms with Gasteiger partial charge in [-0.2, -0.15) is 0 Å². The summed E-state index contributed by atoms with van der Waals surface area (Å²) in [5, 5.41) is -0.657. The molecule has 0 aliphatic rings. The summed E-state index contributed by atoms with van der Waals surface area (Å²) < 4.78 is 7.76. The van der Waals surface area contributed by atoms with Crippen molar-refractivity contribution in [2.24, 2.45) is 5.84 Å². The molecule has 0 radical (unpaired) electrons. The highest BCUT2D eigenvalue weighted by molar-refractivity contribution is 8.08. The SMILES string of the molecule is NNC(=O)SO. The Hall–Kier alpha value is -0.260. The predicted octanol–water partition coefficient (Wildman–Crippen LogP) is -0.224. The second kappa shape index (κ2) is 2.95. The Kier molecular flexibility index (Phi) is 2.82. The molecule has 1 amide bonds. The fourth-order valence-corrected chi connectivity index (χ4v) is 0.0791. The van der Waals surface area contributed by atoms with E-state index in [1.54, 1.807) is 5.43 Å². The standard InChI is InChI=1S/CH4N2O2S/c2-3-1(4)6-5/h5H,2H2,(H,3,4). The average molecular weight is 108 g/mol. The lowest BCUT2D eigenvalue weighted by Gasteiger charge is -1.84. The van der Waals surface area contributed by atoms with Gasteiger partial charge in [-0.1, -0.05) is 0 Å². The van der Waals surface area contributed by atoms with Crippen LogP contribution in [-0.4, -0.2) is 9.79 Å². The molecule has 0 saturated carbocycles. The van der Waals surface area contributed by atoms with Crippen LogP contribution >= 0.6 is 12.0 Å². The molecule has 0 spiro atoms. The van der Waals surface area contributed by atoms with E-state index in [2.05, 4.69) is 5.84 Å². The molecule has 0 unspecified atom stereocenters. The average Bonchev–Trinajstić information content (AvgIpc) is 1.65. The predicted molar refractivity (Wildman–Crippen MR) is 22.9 cm³/mol. The number of amides is 1. The second-order valence-corrected chi connectivity index (χ2v) is 1.08. The van der Waals surface area contributed by atoms with Gasteiger partial charge in [0.1, 0.15) is 0 Å². The molecule has 0 aromatic rings. The van der Waals surface area contributed by atoms with Gasteiger partial charge in [-0.05, 0) is 0 Å². The van der Waals surface area contributed by atoms with Gasteiger partial charge in [0, 0.05) is 0 Å². The van der Waals surface area contributed by atoms with Crippen LogP contribution in [0.5, 0.6) is 0 Å². The van der Waals surface area contributed by atoms with Crippen molar-refractivity contribution in [3.05, 3.63) is 0 Å². The Labute approximate surface area is 38.9 Å². The third kappa shape index (κ3) is 2.01. The summed E-state index contributed by atoms with van der Waals surface area (Å²) in [5.41, 5.74) is 1.69. The number of carbonyl (C=O) groups is 1. The van der Waals surface area contributed by atoms with Gasteiger partial charge in [0.25, 0.3) is 0 Å². The third-order valence-electron chi connectivity index (χ3n) is 0.201. The van der Waals surface area contributed by atoms with Gasteiger partial charge in [-0.25, -0.2) is 5.84 Å². The minimum absolute atomic E-state index is 0.0498. The van der Waals surface area contributed by atoms with Crippen molar-refractivity contribution >= 4 is 17.3 Å². The van der Waals surface area contributed by atoms with Crippen LogP contribution in [0.1, 0.15) is 0 Å². The van der Waals surface area contributed by atoms with E-state index in [0.717, 1.165) is 0 Å². The maximum absolute atomic E-state index is 9.66. The van der Waals surface area contributed by atoms with E-state index in [1.807, 2.05) is 0 Å². The van der Waals surface area contributed by atoms with Crippen LogP contribution in [0, 0.1) is 0 Å². The first-order valence-corrected chi connectivity index (χ1v) is 1.90. The second-order valence-electron chi connectivity index (χ2n) is 0.523. The maximum atomic E-state index is 9.66. The summed E-state index contributed by atoms with van der Waals surface area (Å²) in [5.74, 6) is 4.50. The van der Waals surface area contributed by atoms with Crippen LogP contribution in [0.15, 0.2) is 0 Å². The number of hydrogen-bond acceptors (Lipinski definition) is 4. The molecule has 5 heteroatoms. The van der Waals surface area contributed by atoms with E-state index in [4.69, 9.17) is 4.55 Å². The summed E-state index contributed by atoms with van der Waals surface area (Å²) in [6.45, 7) is 0. The highest BCUT2D eigenvalue weighted by Crippen LogP contribution is 1.87. The lowest BCUT2D eigenvalue weighted by molar-refractivity contribution is 0.260. The Bertz CT molecular complexity index is 49.5. The van der Waals surface area contributed by atoms with Gasteiger partial charge in [-0.3, -0.25) is 10.2 Å². The van der Waals surface area contributed by atoms with Crippen LogP contribution in [0.25, 0.3) is 0 Å².